The first kappa shape index (κ1) is 21.4. The fourth-order valence-electron chi connectivity index (χ4n) is 3.97. The van der Waals surface area contributed by atoms with Crippen LogP contribution in [0.2, 0.25) is 0 Å². The Labute approximate surface area is 186 Å². The Morgan fingerprint density at radius 3 is 1.94 bits per heavy atom. The van der Waals surface area contributed by atoms with Crippen molar-refractivity contribution in [2.24, 2.45) is 0 Å². The van der Waals surface area contributed by atoms with Crippen molar-refractivity contribution >= 4 is 11.8 Å². The Morgan fingerprint density at radius 2 is 1.41 bits per heavy atom. The van der Waals surface area contributed by atoms with E-state index in [4.69, 9.17) is 4.74 Å². The Balaban J connectivity index is 1.39. The summed E-state index contributed by atoms with van der Waals surface area (Å²) in [6.45, 7) is 0. The van der Waals surface area contributed by atoms with Gasteiger partial charge in [-0.3, -0.25) is 19.0 Å². The molecule has 2 atom stereocenters. The summed E-state index contributed by atoms with van der Waals surface area (Å²) in [5.74, 6) is 0.319. The van der Waals surface area contributed by atoms with Crippen molar-refractivity contribution in [1.82, 2.24) is 15.2 Å². The van der Waals surface area contributed by atoms with E-state index in [1.54, 1.807) is 74.0 Å². The lowest BCUT2D eigenvalue weighted by atomic mass is 10.1. The normalized spacial score (nSPS) is 17.5. The number of nitrogens with zero attached hydrogens (tertiary/aromatic N) is 1. The number of pyridine rings is 1. The van der Waals surface area contributed by atoms with E-state index in [0.717, 1.165) is 19.3 Å². The highest BCUT2D eigenvalue weighted by Crippen LogP contribution is 2.21. The minimum Gasteiger partial charge on any atom is -0.497 e. The lowest BCUT2D eigenvalue weighted by Gasteiger charge is -2.22. The summed E-state index contributed by atoms with van der Waals surface area (Å²) >= 11 is 0. The molecule has 164 valence electrons. The molecule has 0 bridgehead atoms. The molecule has 1 fully saturated rings. The molecule has 1 heterocycles. The highest BCUT2D eigenvalue weighted by molar-refractivity contribution is 5.95. The zero-order chi connectivity index (χ0) is 22.5. The van der Waals surface area contributed by atoms with Gasteiger partial charge in [-0.15, -0.1) is 0 Å². The molecular weight excluding hydrogens is 406 g/mol. The predicted octanol–water partition coefficient (Wildman–Crippen LogP) is 2.93. The Kier molecular flexibility index (Phi) is 6.35. The number of rotatable bonds is 6. The molecular formula is C25H25N3O4. The first-order chi connectivity index (χ1) is 15.5. The molecule has 7 nitrogen and oxygen atoms in total. The van der Waals surface area contributed by atoms with Crippen LogP contribution in [0.5, 0.6) is 5.75 Å². The van der Waals surface area contributed by atoms with E-state index >= 15 is 0 Å². The molecule has 1 aromatic heterocycles. The van der Waals surface area contributed by atoms with Gasteiger partial charge in [0, 0.05) is 41.2 Å². The summed E-state index contributed by atoms with van der Waals surface area (Å²) in [5, 5.41) is 6.09. The second-order valence-electron chi connectivity index (χ2n) is 7.78. The Morgan fingerprint density at radius 1 is 0.844 bits per heavy atom. The van der Waals surface area contributed by atoms with Gasteiger partial charge in [-0.05, 0) is 73.9 Å². The van der Waals surface area contributed by atoms with Crippen LogP contribution in [0, 0.1) is 0 Å². The van der Waals surface area contributed by atoms with Crippen molar-refractivity contribution in [3.63, 3.8) is 0 Å². The number of carbonyl (C=O) groups excluding carboxylic acids is 2. The topological polar surface area (TPSA) is 89.4 Å². The molecule has 32 heavy (non-hydrogen) atoms. The van der Waals surface area contributed by atoms with E-state index in [0.29, 0.717) is 22.6 Å². The monoisotopic (exact) mass is 431 g/mol. The molecule has 2 aromatic carbocycles. The maximum absolute atomic E-state index is 12.8. The molecule has 0 aliphatic heterocycles. The van der Waals surface area contributed by atoms with Gasteiger partial charge in [0.15, 0.2) is 0 Å². The molecule has 0 spiro atoms. The molecule has 1 aliphatic rings. The highest BCUT2D eigenvalue weighted by atomic mass is 16.5. The zero-order valence-electron chi connectivity index (χ0n) is 17.8. The average Bonchev–Trinajstić information content (AvgIpc) is 3.25. The molecule has 7 heteroatoms. The maximum Gasteiger partial charge on any atom is 0.255 e. The molecule has 1 unspecified atom stereocenters. The number of carbonyl (C=O) groups is 2. The smallest absolute Gasteiger partial charge is 0.255 e. The molecule has 0 radical (unpaired) electrons. The molecule has 2 amide bonds. The predicted molar refractivity (Wildman–Crippen MR) is 121 cm³/mol. The molecule has 1 aliphatic carbocycles. The van der Waals surface area contributed by atoms with E-state index in [2.05, 4.69) is 10.6 Å². The second-order valence-corrected chi connectivity index (χ2v) is 7.78. The number of benzene rings is 2. The minimum atomic E-state index is -0.201. The van der Waals surface area contributed by atoms with Gasteiger partial charge in [0.05, 0.1) is 7.11 Å². The van der Waals surface area contributed by atoms with Crippen LogP contribution in [0.25, 0.3) is 5.69 Å². The van der Waals surface area contributed by atoms with E-state index in [9.17, 15) is 14.4 Å². The quantitative estimate of drug-likeness (QED) is 0.628. The van der Waals surface area contributed by atoms with Crippen LogP contribution in [0.3, 0.4) is 0 Å². The first-order valence-electron chi connectivity index (χ1n) is 10.6. The average molecular weight is 431 g/mol. The van der Waals surface area contributed by atoms with Crippen LogP contribution >= 0.6 is 0 Å². The largest absolute Gasteiger partial charge is 0.497 e. The summed E-state index contributed by atoms with van der Waals surface area (Å²) in [6, 6.07) is 18.5. The van der Waals surface area contributed by atoms with Crippen molar-refractivity contribution in [2.75, 3.05) is 7.11 Å². The zero-order valence-corrected chi connectivity index (χ0v) is 17.8. The minimum absolute atomic E-state index is 0.129. The van der Waals surface area contributed by atoms with Gasteiger partial charge in [-0.1, -0.05) is 6.07 Å². The molecule has 1 saturated carbocycles. The Bertz CT molecular complexity index is 1150. The third-order valence-corrected chi connectivity index (χ3v) is 5.73. The van der Waals surface area contributed by atoms with Crippen LogP contribution in [0.15, 0.2) is 77.7 Å². The fourth-order valence-corrected chi connectivity index (χ4v) is 3.97. The fraction of sp³-hybridized carbons (Fsp3) is 0.240. The van der Waals surface area contributed by atoms with Gasteiger partial charge in [-0.25, -0.2) is 0 Å². The number of hydrogen-bond acceptors (Lipinski definition) is 4. The van der Waals surface area contributed by atoms with Crippen molar-refractivity contribution in [3.8, 4) is 11.4 Å². The van der Waals surface area contributed by atoms with Gasteiger partial charge in [-0.2, -0.15) is 0 Å². The number of hydrogen-bond donors (Lipinski definition) is 2. The first-order valence-corrected chi connectivity index (χ1v) is 10.6. The third-order valence-electron chi connectivity index (χ3n) is 5.73. The standard InChI is InChI=1S/C25H25N3O4/c1-32-20-14-10-18(11-15-20)25(31)27-22-6-4-5-21(22)26-24(30)17-8-12-19(13-9-17)28-16-3-2-7-23(28)29/h2-3,7-16,21-22H,4-6H2,1H3,(H,26,30)(H,27,31)/t21?,22-/m1/s1. The summed E-state index contributed by atoms with van der Waals surface area (Å²) in [7, 11) is 1.58. The van der Waals surface area contributed by atoms with E-state index in [1.807, 2.05) is 0 Å². The van der Waals surface area contributed by atoms with E-state index in [-0.39, 0.29) is 29.5 Å². The summed E-state index contributed by atoms with van der Waals surface area (Å²) in [4.78, 5) is 37.4. The number of nitrogens with one attached hydrogen (secondary N) is 2. The van der Waals surface area contributed by atoms with Gasteiger partial charge in [0.1, 0.15) is 5.75 Å². The van der Waals surface area contributed by atoms with Crippen LogP contribution in [0.1, 0.15) is 40.0 Å². The van der Waals surface area contributed by atoms with Gasteiger partial charge >= 0.3 is 0 Å². The number of methoxy groups -OCH3 is 1. The SMILES string of the molecule is COc1ccc(C(=O)N[C@@H]2CCCC2NC(=O)c2ccc(-n3ccccc3=O)cc2)cc1. The van der Waals surface area contributed by atoms with Crippen molar-refractivity contribution in [3.05, 3.63) is 94.4 Å². The van der Waals surface area contributed by atoms with Crippen molar-refractivity contribution in [1.29, 1.82) is 0 Å². The lowest BCUT2D eigenvalue weighted by Crippen LogP contribution is -2.48. The second kappa shape index (κ2) is 9.51. The summed E-state index contributed by atoms with van der Waals surface area (Å²) in [6.07, 6.45) is 4.22. The molecule has 0 saturated heterocycles. The van der Waals surface area contributed by atoms with Crippen LogP contribution in [0.4, 0.5) is 0 Å². The maximum atomic E-state index is 12.8. The molecule has 4 rings (SSSR count). The van der Waals surface area contributed by atoms with E-state index in [1.165, 1.54) is 10.6 Å². The molecule has 3 aromatic rings. The third kappa shape index (κ3) is 4.72. The highest BCUT2D eigenvalue weighted by Gasteiger charge is 2.30. The van der Waals surface area contributed by atoms with Crippen molar-refractivity contribution in [2.45, 2.75) is 31.3 Å². The van der Waals surface area contributed by atoms with Crippen LogP contribution in [-0.4, -0.2) is 35.6 Å². The van der Waals surface area contributed by atoms with E-state index < -0.39 is 0 Å². The van der Waals surface area contributed by atoms with Crippen LogP contribution in [-0.2, 0) is 0 Å². The molecule has 2 N–H and O–H groups in total. The number of ether oxygens (including phenoxy) is 1. The van der Waals surface area contributed by atoms with Gasteiger partial charge in [0.2, 0.25) is 0 Å². The van der Waals surface area contributed by atoms with Crippen LogP contribution < -0.4 is 20.9 Å². The number of aromatic nitrogens is 1. The summed E-state index contributed by atoms with van der Waals surface area (Å²) in [5.41, 5.74) is 1.61. The van der Waals surface area contributed by atoms with Gasteiger partial charge < -0.3 is 15.4 Å². The van der Waals surface area contributed by atoms with Crippen molar-refractivity contribution < 1.29 is 14.3 Å². The Hall–Kier alpha value is -3.87. The lowest BCUT2D eigenvalue weighted by molar-refractivity contribution is 0.0892. The summed E-state index contributed by atoms with van der Waals surface area (Å²) < 4.78 is 6.64. The van der Waals surface area contributed by atoms with Gasteiger partial charge in [0.25, 0.3) is 17.4 Å². The number of amides is 2.